The van der Waals surface area contributed by atoms with Gasteiger partial charge in [0.05, 0.1) is 6.54 Å². The van der Waals surface area contributed by atoms with Gasteiger partial charge in [-0.2, -0.15) is 0 Å². The monoisotopic (exact) mass is 317 g/mol. The van der Waals surface area contributed by atoms with Crippen LogP contribution in [-0.2, 0) is 16.0 Å². The number of nitrogens with two attached hydrogens (primary N) is 1. The second-order valence-corrected chi connectivity index (χ2v) is 5.85. The van der Waals surface area contributed by atoms with E-state index in [0.717, 1.165) is 17.5 Å². The van der Waals surface area contributed by atoms with Crippen LogP contribution in [0.4, 0.5) is 5.13 Å². The SMILES string of the molecule is NC(=O)[C@@H]1c2ccccc2CCN1CC(=O)Nc1nncs1. The number of rotatable bonds is 4. The lowest BCUT2D eigenvalue weighted by Gasteiger charge is -2.34. The van der Waals surface area contributed by atoms with Crippen molar-refractivity contribution in [1.82, 2.24) is 15.1 Å². The maximum absolute atomic E-state index is 12.1. The summed E-state index contributed by atoms with van der Waals surface area (Å²) in [4.78, 5) is 25.7. The van der Waals surface area contributed by atoms with Gasteiger partial charge < -0.3 is 5.73 Å². The Morgan fingerprint density at radius 2 is 2.23 bits per heavy atom. The predicted octanol–water partition coefficient (Wildman–Crippen LogP) is 0.561. The Labute approximate surface area is 131 Å². The van der Waals surface area contributed by atoms with Crippen LogP contribution in [0, 0.1) is 0 Å². The molecule has 3 rings (SSSR count). The molecular formula is C14H15N5O2S. The molecule has 2 aromatic rings. The zero-order valence-corrected chi connectivity index (χ0v) is 12.5. The maximum Gasteiger partial charge on any atom is 0.240 e. The van der Waals surface area contributed by atoms with Crippen LogP contribution in [0.1, 0.15) is 17.2 Å². The molecule has 114 valence electrons. The predicted molar refractivity (Wildman–Crippen MR) is 82.2 cm³/mol. The molecule has 1 atom stereocenters. The second kappa shape index (κ2) is 6.20. The number of anilines is 1. The number of primary amides is 1. The summed E-state index contributed by atoms with van der Waals surface area (Å²) in [6.45, 7) is 0.690. The first-order valence-electron chi connectivity index (χ1n) is 6.82. The van der Waals surface area contributed by atoms with Crippen molar-refractivity contribution < 1.29 is 9.59 Å². The summed E-state index contributed by atoms with van der Waals surface area (Å²) in [7, 11) is 0. The highest BCUT2D eigenvalue weighted by Gasteiger charge is 2.32. The molecule has 0 fully saturated rings. The smallest absolute Gasteiger partial charge is 0.240 e. The molecule has 0 radical (unpaired) electrons. The number of nitrogens with zero attached hydrogens (tertiary/aromatic N) is 3. The Morgan fingerprint density at radius 1 is 1.41 bits per heavy atom. The van der Waals surface area contributed by atoms with Crippen LogP contribution in [0.25, 0.3) is 0 Å². The lowest BCUT2D eigenvalue weighted by molar-refractivity contribution is -0.125. The van der Waals surface area contributed by atoms with Gasteiger partial charge in [0, 0.05) is 6.54 Å². The van der Waals surface area contributed by atoms with E-state index < -0.39 is 11.9 Å². The van der Waals surface area contributed by atoms with Crippen molar-refractivity contribution in [1.29, 1.82) is 0 Å². The molecule has 0 saturated heterocycles. The van der Waals surface area contributed by atoms with E-state index in [4.69, 9.17) is 5.73 Å². The summed E-state index contributed by atoms with van der Waals surface area (Å²) in [6, 6.07) is 7.11. The first-order valence-corrected chi connectivity index (χ1v) is 7.70. The Hall–Kier alpha value is -2.32. The maximum atomic E-state index is 12.1. The molecular weight excluding hydrogens is 302 g/mol. The number of benzene rings is 1. The number of carbonyl (C=O) groups is 2. The average Bonchev–Trinajstić information content (AvgIpc) is 2.99. The van der Waals surface area contributed by atoms with E-state index in [1.165, 1.54) is 11.3 Å². The van der Waals surface area contributed by atoms with Crippen LogP contribution in [0.3, 0.4) is 0 Å². The van der Waals surface area contributed by atoms with Crippen LogP contribution in [0.15, 0.2) is 29.8 Å². The van der Waals surface area contributed by atoms with Crippen LogP contribution in [0.2, 0.25) is 0 Å². The molecule has 0 aliphatic carbocycles. The summed E-state index contributed by atoms with van der Waals surface area (Å²) < 4.78 is 0. The molecule has 1 aliphatic rings. The quantitative estimate of drug-likeness (QED) is 0.858. The largest absolute Gasteiger partial charge is 0.368 e. The Morgan fingerprint density at radius 3 is 2.95 bits per heavy atom. The first-order chi connectivity index (χ1) is 10.6. The highest BCUT2D eigenvalue weighted by atomic mass is 32.1. The summed E-state index contributed by atoms with van der Waals surface area (Å²) in [5.41, 5.74) is 9.08. The van der Waals surface area contributed by atoms with Crippen molar-refractivity contribution in [3.8, 4) is 0 Å². The van der Waals surface area contributed by atoms with Gasteiger partial charge in [-0.3, -0.25) is 19.8 Å². The van der Waals surface area contributed by atoms with Crippen molar-refractivity contribution in [3.05, 3.63) is 40.9 Å². The van der Waals surface area contributed by atoms with Crippen molar-refractivity contribution in [3.63, 3.8) is 0 Å². The third-order valence-electron chi connectivity index (χ3n) is 3.61. The van der Waals surface area contributed by atoms with E-state index in [0.29, 0.717) is 11.7 Å². The van der Waals surface area contributed by atoms with Gasteiger partial charge in [-0.05, 0) is 17.5 Å². The van der Waals surface area contributed by atoms with Crippen LogP contribution in [0.5, 0.6) is 0 Å². The number of fused-ring (bicyclic) bond motifs is 1. The fraction of sp³-hybridized carbons (Fsp3) is 0.286. The van der Waals surface area contributed by atoms with Gasteiger partial charge >= 0.3 is 0 Å². The van der Waals surface area contributed by atoms with E-state index in [1.807, 2.05) is 24.3 Å². The minimum absolute atomic E-state index is 0.0848. The van der Waals surface area contributed by atoms with Gasteiger partial charge in [0.1, 0.15) is 11.6 Å². The van der Waals surface area contributed by atoms with Gasteiger partial charge in [-0.25, -0.2) is 0 Å². The molecule has 8 heteroatoms. The number of hydrogen-bond donors (Lipinski definition) is 2. The van der Waals surface area contributed by atoms with E-state index in [2.05, 4.69) is 15.5 Å². The first kappa shape index (κ1) is 14.6. The lowest BCUT2D eigenvalue weighted by atomic mass is 9.92. The van der Waals surface area contributed by atoms with Crippen LogP contribution in [-0.4, -0.2) is 40.0 Å². The van der Waals surface area contributed by atoms with E-state index >= 15 is 0 Å². The van der Waals surface area contributed by atoms with Gasteiger partial charge in [-0.15, -0.1) is 10.2 Å². The number of hydrogen-bond acceptors (Lipinski definition) is 6. The number of nitrogens with one attached hydrogen (secondary N) is 1. The molecule has 0 bridgehead atoms. The van der Waals surface area contributed by atoms with Crippen LogP contribution < -0.4 is 11.1 Å². The molecule has 2 amide bonds. The lowest BCUT2D eigenvalue weighted by Crippen LogP contribution is -2.45. The van der Waals surface area contributed by atoms with Crippen LogP contribution >= 0.6 is 11.3 Å². The van der Waals surface area contributed by atoms with Gasteiger partial charge in [0.15, 0.2) is 0 Å². The van der Waals surface area contributed by atoms with Crippen molar-refractivity contribution in [2.75, 3.05) is 18.4 Å². The average molecular weight is 317 g/mol. The third-order valence-corrected chi connectivity index (χ3v) is 4.21. The van der Waals surface area contributed by atoms with E-state index in [-0.39, 0.29) is 12.5 Å². The summed E-state index contributed by atoms with van der Waals surface area (Å²) in [6.07, 6.45) is 0.784. The minimum Gasteiger partial charge on any atom is -0.368 e. The highest BCUT2D eigenvalue weighted by Crippen LogP contribution is 2.29. The Kier molecular flexibility index (Phi) is 4.12. The fourth-order valence-corrected chi connectivity index (χ4v) is 3.15. The Bertz CT molecular complexity index is 688. The molecule has 2 heterocycles. The molecule has 1 aromatic heterocycles. The number of carbonyl (C=O) groups excluding carboxylic acids is 2. The molecule has 0 saturated carbocycles. The number of aromatic nitrogens is 2. The van der Waals surface area contributed by atoms with E-state index in [1.54, 1.807) is 10.4 Å². The van der Waals surface area contributed by atoms with Gasteiger partial charge in [0.2, 0.25) is 16.9 Å². The van der Waals surface area contributed by atoms with Crippen molar-refractivity contribution in [2.24, 2.45) is 5.73 Å². The minimum atomic E-state index is -0.579. The summed E-state index contributed by atoms with van der Waals surface area (Å²) in [5, 5.41) is 10.5. The molecule has 1 aromatic carbocycles. The van der Waals surface area contributed by atoms with E-state index in [9.17, 15) is 9.59 Å². The molecule has 7 nitrogen and oxygen atoms in total. The fourth-order valence-electron chi connectivity index (χ4n) is 2.69. The highest BCUT2D eigenvalue weighted by molar-refractivity contribution is 7.13. The normalized spacial score (nSPS) is 17.7. The summed E-state index contributed by atoms with van der Waals surface area (Å²) >= 11 is 1.24. The van der Waals surface area contributed by atoms with Crippen molar-refractivity contribution in [2.45, 2.75) is 12.5 Å². The summed E-state index contributed by atoms with van der Waals surface area (Å²) in [5.74, 6) is -0.682. The standard InChI is InChI=1S/C14H15N5O2S/c15-13(21)12-10-4-2-1-3-9(10)5-6-19(12)7-11(20)17-14-18-16-8-22-14/h1-4,8,12H,5-7H2,(H2,15,21)(H,17,18,20)/t12-/m0/s1. The third kappa shape index (κ3) is 2.97. The van der Waals surface area contributed by atoms with Gasteiger partial charge in [-0.1, -0.05) is 35.6 Å². The van der Waals surface area contributed by atoms with Gasteiger partial charge in [0.25, 0.3) is 0 Å². The Balaban J connectivity index is 1.76. The van der Waals surface area contributed by atoms with Crippen molar-refractivity contribution >= 4 is 28.3 Å². The molecule has 0 unspecified atom stereocenters. The zero-order chi connectivity index (χ0) is 15.5. The molecule has 22 heavy (non-hydrogen) atoms. The molecule has 0 spiro atoms. The molecule has 1 aliphatic heterocycles. The zero-order valence-electron chi connectivity index (χ0n) is 11.7. The molecule has 3 N–H and O–H groups in total. The number of amides is 2. The second-order valence-electron chi connectivity index (χ2n) is 5.02. The topological polar surface area (TPSA) is 101 Å².